The van der Waals surface area contributed by atoms with E-state index in [1.807, 2.05) is 0 Å². The van der Waals surface area contributed by atoms with Crippen LogP contribution >= 0.6 is 11.6 Å². The van der Waals surface area contributed by atoms with E-state index in [-0.39, 0.29) is 51.1 Å². The molecule has 0 radical (unpaired) electrons. The minimum Gasteiger partial charge on any atom is -0.309 e. The summed E-state index contributed by atoms with van der Waals surface area (Å²) in [7, 11) is -4.03. The fourth-order valence-corrected chi connectivity index (χ4v) is 4.63. The summed E-state index contributed by atoms with van der Waals surface area (Å²) in [5, 5.41) is 5.49. The van der Waals surface area contributed by atoms with Gasteiger partial charge in [-0.15, -0.1) is 0 Å². The van der Waals surface area contributed by atoms with E-state index in [4.69, 9.17) is 16.7 Å². The van der Waals surface area contributed by atoms with Crippen molar-refractivity contribution in [3.8, 4) is 16.8 Å². The van der Waals surface area contributed by atoms with Crippen LogP contribution in [0.3, 0.4) is 0 Å². The highest BCUT2D eigenvalue weighted by molar-refractivity contribution is 7.89. The van der Waals surface area contributed by atoms with Crippen LogP contribution in [0.2, 0.25) is 5.02 Å². The van der Waals surface area contributed by atoms with Crippen molar-refractivity contribution >= 4 is 27.4 Å². The topological polar surface area (TPSA) is 82.2 Å². The number of halogens is 4. The number of ketones is 1. The highest BCUT2D eigenvalue weighted by Gasteiger charge is 2.42. The summed E-state index contributed by atoms with van der Waals surface area (Å²) in [6, 6.07) is 10.6. The summed E-state index contributed by atoms with van der Waals surface area (Å²) in [6.45, 7) is 1.48. The minimum atomic E-state index is -4.81. The Morgan fingerprint density at radius 2 is 1.67 bits per heavy atom. The Balaban J connectivity index is 2.02. The van der Waals surface area contributed by atoms with Gasteiger partial charge in [0.1, 0.15) is 5.69 Å². The largest absolute Gasteiger partial charge is 0.432 e. The van der Waals surface area contributed by atoms with Gasteiger partial charge in [-0.2, -0.15) is 13.2 Å². The van der Waals surface area contributed by atoms with Gasteiger partial charge in [0.05, 0.1) is 4.90 Å². The summed E-state index contributed by atoms with van der Waals surface area (Å²) in [5.41, 5.74) is -0.874. The van der Waals surface area contributed by atoms with E-state index in [1.54, 1.807) is 0 Å². The lowest BCUT2D eigenvalue weighted by molar-refractivity contribution is -0.141. The number of Topliss-reactive ketones (excluding diaryl/α,β-unsaturated/α-hetero) is 1. The first kappa shape index (κ1) is 23.5. The molecule has 0 amide bonds. The molecule has 1 saturated carbocycles. The normalized spacial score (nSPS) is 14.5. The van der Waals surface area contributed by atoms with Crippen molar-refractivity contribution in [3.63, 3.8) is 0 Å². The quantitative estimate of drug-likeness (QED) is 0.441. The van der Waals surface area contributed by atoms with Gasteiger partial charge in [0.15, 0.2) is 5.78 Å². The predicted molar refractivity (Wildman–Crippen MR) is 119 cm³/mol. The maximum Gasteiger partial charge on any atom is 0.432 e. The molecular formula is C23H20ClF3N2O3S. The molecule has 2 N–H and O–H groups in total. The number of nitrogens with two attached hydrogens (primary N) is 1. The number of sulfonamides is 1. The molecule has 5 nitrogen and oxygen atoms in total. The summed E-state index contributed by atoms with van der Waals surface area (Å²) in [4.78, 5) is 13.0. The van der Waals surface area contributed by atoms with Gasteiger partial charge in [0.2, 0.25) is 10.0 Å². The average molecular weight is 497 g/mol. The second-order valence-corrected chi connectivity index (χ2v) is 10.1. The summed E-state index contributed by atoms with van der Waals surface area (Å²) in [6.07, 6.45) is -2.91. The van der Waals surface area contributed by atoms with Crippen molar-refractivity contribution in [1.82, 2.24) is 4.57 Å². The van der Waals surface area contributed by atoms with Crippen molar-refractivity contribution in [2.75, 3.05) is 0 Å². The van der Waals surface area contributed by atoms with Gasteiger partial charge in [0.25, 0.3) is 0 Å². The fourth-order valence-electron chi connectivity index (χ4n) is 3.99. The van der Waals surface area contributed by atoms with Crippen LogP contribution in [0, 0.1) is 12.8 Å². The number of carbonyl (C=O) groups is 1. The lowest BCUT2D eigenvalue weighted by atomic mass is 9.95. The maximum absolute atomic E-state index is 14.5. The molecule has 1 heterocycles. The molecule has 10 heteroatoms. The third-order valence-corrected chi connectivity index (χ3v) is 6.86. The molecule has 2 aromatic carbocycles. The minimum absolute atomic E-state index is 0.0208. The second kappa shape index (κ2) is 8.30. The lowest BCUT2D eigenvalue weighted by Crippen LogP contribution is -2.14. The van der Waals surface area contributed by atoms with Gasteiger partial charge in [0, 0.05) is 34.0 Å². The van der Waals surface area contributed by atoms with Gasteiger partial charge in [-0.05, 0) is 67.6 Å². The van der Waals surface area contributed by atoms with E-state index < -0.39 is 21.9 Å². The van der Waals surface area contributed by atoms with Crippen molar-refractivity contribution in [2.45, 2.75) is 37.3 Å². The van der Waals surface area contributed by atoms with Crippen LogP contribution in [-0.4, -0.2) is 18.8 Å². The van der Waals surface area contributed by atoms with Gasteiger partial charge >= 0.3 is 6.18 Å². The Morgan fingerprint density at radius 1 is 1.09 bits per heavy atom. The number of carbonyl (C=O) groups excluding carboxylic acids is 1. The number of hydrogen-bond donors (Lipinski definition) is 1. The number of alkyl halides is 3. The monoisotopic (exact) mass is 496 g/mol. The maximum atomic E-state index is 14.5. The number of hydrogen-bond acceptors (Lipinski definition) is 3. The average Bonchev–Trinajstić information content (AvgIpc) is 3.47. The zero-order valence-electron chi connectivity index (χ0n) is 17.5. The zero-order valence-corrected chi connectivity index (χ0v) is 19.1. The summed E-state index contributed by atoms with van der Waals surface area (Å²) >= 11 is 5.92. The molecule has 33 heavy (non-hydrogen) atoms. The Bertz CT molecular complexity index is 1330. The number of benzene rings is 2. The fraction of sp³-hybridized carbons (Fsp3) is 0.261. The molecule has 0 spiro atoms. The first-order chi connectivity index (χ1) is 15.4. The summed E-state index contributed by atoms with van der Waals surface area (Å²) < 4.78 is 67.7. The van der Waals surface area contributed by atoms with Crippen LogP contribution in [-0.2, 0) is 16.2 Å². The number of primary sulfonamides is 1. The molecule has 0 saturated heterocycles. The van der Waals surface area contributed by atoms with Gasteiger partial charge < -0.3 is 4.57 Å². The molecule has 174 valence electrons. The Labute approximate surface area is 194 Å². The van der Waals surface area contributed by atoms with Crippen molar-refractivity contribution in [3.05, 3.63) is 70.5 Å². The molecule has 0 bridgehead atoms. The molecule has 1 aliphatic rings. The van der Waals surface area contributed by atoms with Crippen molar-refractivity contribution < 1.29 is 26.4 Å². The van der Waals surface area contributed by atoms with Crippen LogP contribution in [0.5, 0.6) is 0 Å². The SMILES string of the molecule is Cc1c(C(=O)CC2CC2)c(-c2ccc(S(N)(=O)=O)cc2)c(C(F)(F)F)n1-c1ccc(Cl)cc1. The highest BCUT2D eigenvalue weighted by atomic mass is 35.5. The van der Waals surface area contributed by atoms with E-state index >= 15 is 0 Å². The van der Waals surface area contributed by atoms with E-state index in [0.717, 1.165) is 29.5 Å². The molecule has 1 aromatic heterocycles. The Kier molecular flexibility index (Phi) is 5.92. The lowest BCUT2D eigenvalue weighted by Gasteiger charge is -2.16. The molecule has 0 unspecified atom stereocenters. The second-order valence-electron chi connectivity index (χ2n) is 8.13. The van der Waals surface area contributed by atoms with Crippen LogP contribution in [0.4, 0.5) is 13.2 Å². The Hall–Kier alpha value is -2.62. The molecule has 1 aliphatic carbocycles. The molecule has 3 aromatic rings. The Morgan fingerprint density at radius 3 is 2.15 bits per heavy atom. The van der Waals surface area contributed by atoms with Crippen LogP contribution < -0.4 is 5.14 Å². The number of nitrogens with zero attached hydrogens (tertiary/aromatic N) is 1. The van der Waals surface area contributed by atoms with Gasteiger partial charge in [-0.3, -0.25) is 4.79 Å². The molecule has 0 aliphatic heterocycles. The summed E-state index contributed by atoms with van der Waals surface area (Å²) in [5.74, 6) is -0.207. The predicted octanol–water partition coefficient (Wildman–Crippen LogP) is 5.76. The van der Waals surface area contributed by atoms with Crippen molar-refractivity contribution in [1.29, 1.82) is 0 Å². The van der Waals surface area contributed by atoms with E-state index in [9.17, 15) is 26.4 Å². The van der Waals surface area contributed by atoms with Gasteiger partial charge in [-0.1, -0.05) is 23.7 Å². The standard InChI is InChI=1S/C23H20ClF3N2O3S/c1-13-20(19(30)12-14-2-3-14)21(15-4-10-18(11-5-15)33(28,31)32)22(23(25,26)27)29(13)17-8-6-16(24)7-9-17/h4-11,14H,2-3,12H2,1H3,(H2,28,31,32). The molecule has 4 rings (SSSR count). The first-order valence-corrected chi connectivity index (χ1v) is 12.0. The zero-order chi connectivity index (χ0) is 24.1. The molecular weight excluding hydrogens is 477 g/mol. The number of aromatic nitrogens is 1. The highest BCUT2D eigenvalue weighted by Crippen LogP contribution is 2.45. The van der Waals surface area contributed by atoms with E-state index in [0.29, 0.717) is 5.02 Å². The molecule has 0 atom stereocenters. The smallest absolute Gasteiger partial charge is 0.309 e. The van der Waals surface area contributed by atoms with Crippen LogP contribution in [0.15, 0.2) is 53.4 Å². The third kappa shape index (κ3) is 4.71. The van der Waals surface area contributed by atoms with Crippen LogP contribution in [0.25, 0.3) is 16.8 Å². The van der Waals surface area contributed by atoms with E-state index in [1.165, 1.54) is 43.3 Å². The third-order valence-electron chi connectivity index (χ3n) is 5.68. The van der Waals surface area contributed by atoms with Crippen LogP contribution in [0.1, 0.15) is 41.0 Å². The molecule has 1 fully saturated rings. The number of rotatable bonds is 6. The van der Waals surface area contributed by atoms with E-state index in [2.05, 4.69) is 0 Å². The van der Waals surface area contributed by atoms with Gasteiger partial charge in [-0.25, -0.2) is 13.6 Å². The van der Waals surface area contributed by atoms with Crippen molar-refractivity contribution in [2.24, 2.45) is 11.1 Å². The first-order valence-electron chi connectivity index (χ1n) is 10.1.